The van der Waals surface area contributed by atoms with Gasteiger partial charge in [0.25, 0.3) is 0 Å². The van der Waals surface area contributed by atoms with E-state index in [0.717, 1.165) is 24.8 Å². The number of hydrogen-bond donors (Lipinski definition) is 1. The molecule has 2 heteroatoms. The molecule has 1 heterocycles. The van der Waals surface area contributed by atoms with Crippen LogP contribution in [0.1, 0.15) is 58.1 Å². The Kier molecular flexibility index (Phi) is 4.87. The number of rotatable bonds is 9. The minimum atomic E-state index is 0.385. The normalized spacial score (nSPS) is 18.8. The van der Waals surface area contributed by atoms with Gasteiger partial charge in [0.05, 0.1) is 6.26 Å². The number of furan rings is 1. The molecular weight excluding hydrogens is 222 g/mol. The second-order valence-corrected chi connectivity index (χ2v) is 5.87. The fourth-order valence-electron chi connectivity index (χ4n) is 2.65. The lowest BCUT2D eigenvalue weighted by atomic mass is 9.76. The fourth-order valence-corrected chi connectivity index (χ4v) is 2.65. The SMILES string of the molecule is CCCCC(CC)(CNC1CC1)Cc1ccco1. The molecule has 1 atom stereocenters. The second kappa shape index (κ2) is 6.42. The highest BCUT2D eigenvalue weighted by molar-refractivity contribution is 5.03. The monoisotopic (exact) mass is 249 g/mol. The van der Waals surface area contributed by atoms with Crippen molar-refractivity contribution in [1.82, 2.24) is 5.32 Å². The summed E-state index contributed by atoms with van der Waals surface area (Å²) in [6, 6.07) is 4.92. The quantitative estimate of drug-likeness (QED) is 0.711. The molecule has 0 spiro atoms. The minimum absolute atomic E-state index is 0.385. The summed E-state index contributed by atoms with van der Waals surface area (Å²) in [4.78, 5) is 0. The molecule has 1 aliphatic rings. The van der Waals surface area contributed by atoms with Gasteiger partial charge in [-0.25, -0.2) is 0 Å². The molecule has 1 fully saturated rings. The lowest BCUT2D eigenvalue weighted by Gasteiger charge is -2.33. The van der Waals surface area contributed by atoms with Gasteiger partial charge in [0, 0.05) is 19.0 Å². The van der Waals surface area contributed by atoms with Crippen molar-refractivity contribution >= 4 is 0 Å². The van der Waals surface area contributed by atoms with E-state index < -0.39 is 0 Å². The third kappa shape index (κ3) is 3.88. The Balaban J connectivity index is 1.97. The standard InChI is InChI=1S/C16H27NO/c1-3-5-10-16(4-2,13-17-14-8-9-14)12-15-7-6-11-18-15/h6-7,11,14,17H,3-5,8-10,12-13H2,1-2H3. The average Bonchev–Trinajstić information content (AvgIpc) is 3.10. The van der Waals surface area contributed by atoms with Gasteiger partial charge in [0.1, 0.15) is 5.76 Å². The van der Waals surface area contributed by atoms with Gasteiger partial charge >= 0.3 is 0 Å². The molecule has 1 saturated carbocycles. The zero-order valence-electron chi connectivity index (χ0n) is 11.9. The Morgan fingerprint density at radius 1 is 1.39 bits per heavy atom. The molecule has 1 aliphatic carbocycles. The van der Waals surface area contributed by atoms with Crippen molar-refractivity contribution < 1.29 is 4.42 Å². The molecule has 0 aliphatic heterocycles. The molecule has 2 nitrogen and oxygen atoms in total. The van der Waals surface area contributed by atoms with Gasteiger partial charge in [-0.3, -0.25) is 0 Å². The minimum Gasteiger partial charge on any atom is -0.469 e. The molecule has 0 amide bonds. The Labute approximate surface area is 111 Å². The van der Waals surface area contributed by atoms with Crippen molar-refractivity contribution in [3.63, 3.8) is 0 Å². The molecular formula is C16H27NO. The van der Waals surface area contributed by atoms with E-state index in [2.05, 4.69) is 25.2 Å². The van der Waals surface area contributed by atoms with E-state index in [-0.39, 0.29) is 0 Å². The molecule has 1 N–H and O–H groups in total. The van der Waals surface area contributed by atoms with E-state index in [9.17, 15) is 0 Å². The van der Waals surface area contributed by atoms with Crippen LogP contribution in [0.5, 0.6) is 0 Å². The summed E-state index contributed by atoms with van der Waals surface area (Å²) < 4.78 is 5.57. The first kappa shape index (κ1) is 13.7. The van der Waals surface area contributed by atoms with Gasteiger partial charge in [0.15, 0.2) is 0 Å². The van der Waals surface area contributed by atoms with E-state index >= 15 is 0 Å². The van der Waals surface area contributed by atoms with E-state index in [1.54, 1.807) is 6.26 Å². The summed E-state index contributed by atoms with van der Waals surface area (Å²) in [5.41, 5.74) is 0.385. The first-order chi connectivity index (χ1) is 8.78. The van der Waals surface area contributed by atoms with Gasteiger partial charge in [-0.2, -0.15) is 0 Å². The molecule has 1 aromatic heterocycles. The van der Waals surface area contributed by atoms with E-state index in [1.807, 2.05) is 6.07 Å². The molecule has 2 rings (SSSR count). The van der Waals surface area contributed by atoms with Crippen LogP contribution < -0.4 is 5.32 Å². The first-order valence-corrected chi connectivity index (χ1v) is 7.54. The second-order valence-electron chi connectivity index (χ2n) is 5.87. The molecule has 0 aromatic carbocycles. The first-order valence-electron chi connectivity index (χ1n) is 7.54. The van der Waals surface area contributed by atoms with Crippen molar-refractivity contribution in [3.8, 4) is 0 Å². The number of nitrogens with one attached hydrogen (secondary N) is 1. The van der Waals surface area contributed by atoms with Crippen LogP contribution in [-0.2, 0) is 6.42 Å². The predicted octanol–water partition coefficient (Wildman–Crippen LogP) is 4.16. The van der Waals surface area contributed by atoms with Crippen LogP contribution in [0.4, 0.5) is 0 Å². The third-order valence-corrected chi connectivity index (χ3v) is 4.28. The number of hydrogen-bond acceptors (Lipinski definition) is 2. The molecule has 1 unspecified atom stereocenters. The smallest absolute Gasteiger partial charge is 0.104 e. The van der Waals surface area contributed by atoms with Crippen LogP contribution in [0.3, 0.4) is 0 Å². The fraction of sp³-hybridized carbons (Fsp3) is 0.750. The van der Waals surface area contributed by atoms with Gasteiger partial charge in [-0.15, -0.1) is 0 Å². The zero-order chi connectivity index (χ0) is 12.8. The van der Waals surface area contributed by atoms with Crippen molar-refractivity contribution in [2.24, 2.45) is 5.41 Å². The van der Waals surface area contributed by atoms with Gasteiger partial charge in [-0.05, 0) is 43.2 Å². The zero-order valence-corrected chi connectivity index (χ0v) is 11.9. The van der Waals surface area contributed by atoms with Gasteiger partial charge in [-0.1, -0.05) is 26.7 Å². The van der Waals surface area contributed by atoms with Crippen LogP contribution in [0, 0.1) is 5.41 Å². The largest absolute Gasteiger partial charge is 0.469 e. The highest BCUT2D eigenvalue weighted by Gasteiger charge is 2.31. The number of unbranched alkanes of at least 4 members (excludes halogenated alkanes) is 1. The highest BCUT2D eigenvalue weighted by Crippen LogP contribution is 2.34. The Morgan fingerprint density at radius 2 is 2.22 bits per heavy atom. The molecule has 18 heavy (non-hydrogen) atoms. The summed E-state index contributed by atoms with van der Waals surface area (Å²) in [6.07, 6.45) is 10.8. The molecule has 102 valence electrons. The summed E-state index contributed by atoms with van der Waals surface area (Å²) in [6.45, 7) is 5.75. The maximum absolute atomic E-state index is 5.57. The van der Waals surface area contributed by atoms with E-state index in [4.69, 9.17) is 4.42 Å². The predicted molar refractivity (Wildman–Crippen MR) is 75.7 cm³/mol. The summed E-state index contributed by atoms with van der Waals surface area (Å²) in [5.74, 6) is 1.14. The molecule has 0 radical (unpaired) electrons. The van der Waals surface area contributed by atoms with Crippen molar-refractivity contribution in [2.75, 3.05) is 6.54 Å². The maximum Gasteiger partial charge on any atom is 0.104 e. The lowest BCUT2D eigenvalue weighted by Crippen LogP contribution is -2.36. The van der Waals surface area contributed by atoms with Crippen LogP contribution in [-0.4, -0.2) is 12.6 Å². The van der Waals surface area contributed by atoms with Crippen molar-refractivity contribution in [2.45, 2.75) is 64.8 Å². The topological polar surface area (TPSA) is 25.2 Å². The molecule has 0 saturated heterocycles. The van der Waals surface area contributed by atoms with Crippen LogP contribution in [0.15, 0.2) is 22.8 Å². The van der Waals surface area contributed by atoms with Gasteiger partial charge < -0.3 is 9.73 Å². The highest BCUT2D eigenvalue weighted by atomic mass is 16.3. The van der Waals surface area contributed by atoms with Crippen molar-refractivity contribution in [1.29, 1.82) is 0 Å². The average molecular weight is 249 g/mol. The molecule has 1 aromatic rings. The van der Waals surface area contributed by atoms with Crippen molar-refractivity contribution in [3.05, 3.63) is 24.2 Å². The molecule has 0 bridgehead atoms. The van der Waals surface area contributed by atoms with E-state index in [0.29, 0.717) is 5.41 Å². The van der Waals surface area contributed by atoms with Crippen LogP contribution >= 0.6 is 0 Å². The van der Waals surface area contributed by atoms with Crippen LogP contribution in [0.25, 0.3) is 0 Å². The Hall–Kier alpha value is -0.760. The lowest BCUT2D eigenvalue weighted by molar-refractivity contribution is 0.214. The summed E-state index contributed by atoms with van der Waals surface area (Å²) in [5, 5.41) is 3.73. The Morgan fingerprint density at radius 3 is 2.78 bits per heavy atom. The summed E-state index contributed by atoms with van der Waals surface area (Å²) in [7, 11) is 0. The van der Waals surface area contributed by atoms with Crippen LogP contribution in [0.2, 0.25) is 0 Å². The maximum atomic E-state index is 5.57. The van der Waals surface area contributed by atoms with Gasteiger partial charge in [0.2, 0.25) is 0 Å². The third-order valence-electron chi connectivity index (χ3n) is 4.28. The summed E-state index contributed by atoms with van der Waals surface area (Å²) >= 11 is 0. The van der Waals surface area contributed by atoms with E-state index in [1.165, 1.54) is 38.5 Å². The Bertz CT molecular complexity index is 329.